The third-order valence-electron chi connectivity index (χ3n) is 2.52. The van der Waals surface area contributed by atoms with Gasteiger partial charge in [0.2, 0.25) is 5.82 Å². The van der Waals surface area contributed by atoms with Gasteiger partial charge in [0.1, 0.15) is 5.82 Å². The first-order valence-corrected chi connectivity index (χ1v) is 7.25. The number of pyridine rings is 2. The molecule has 0 spiro atoms. The second kappa shape index (κ2) is 7.32. The van der Waals surface area contributed by atoms with Crippen molar-refractivity contribution >= 4 is 49.2 Å². The predicted molar refractivity (Wildman–Crippen MR) is 88.8 cm³/mol. The van der Waals surface area contributed by atoms with E-state index in [-0.39, 0.29) is 11.5 Å². The summed E-state index contributed by atoms with van der Waals surface area (Å²) in [6, 6.07) is 1.82. The van der Waals surface area contributed by atoms with Crippen molar-refractivity contribution in [3.05, 3.63) is 48.6 Å². The molecule has 112 valence electrons. The highest BCUT2D eigenvalue weighted by Gasteiger charge is 2.18. The zero-order chi connectivity index (χ0) is 16.2. The van der Waals surface area contributed by atoms with Crippen LogP contribution in [-0.2, 0) is 0 Å². The Kier molecular flexibility index (Phi) is 6.03. The van der Waals surface area contributed by atoms with Crippen molar-refractivity contribution in [2.45, 2.75) is 13.8 Å². The lowest BCUT2D eigenvalue weighted by Crippen LogP contribution is -2.00. The minimum absolute atomic E-state index is 0.0549. The lowest BCUT2D eigenvalue weighted by atomic mass is 10.2. The molecule has 0 aliphatic carbocycles. The molecule has 0 radical (unpaired) electrons. The van der Waals surface area contributed by atoms with E-state index in [9.17, 15) is 10.1 Å². The minimum Gasteiger partial charge on any atom is -0.384 e. The summed E-state index contributed by atoms with van der Waals surface area (Å²) in [5.74, 6) is 0.511. The Morgan fingerprint density at radius 1 is 1.14 bits per heavy atom. The molecule has 2 heterocycles. The van der Waals surface area contributed by atoms with Gasteiger partial charge in [0, 0.05) is 26.9 Å². The largest absolute Gasteiger partial charge is 0.384 e. The SMILES string of the molecule is Cc1c(Br)cnc(N)c1[N+](=O)[O-].Cc1cc(N)ncc1Br. The minimum atomic E-state index is -0.539. The molecule has 0 bridgehead atoms. The van der Waals surface area contributed by atoms with Gasteiger partial charge in [0.05, 0.1) is 4.92 Å². The smallest absolute Gasteiger partial charge is 0.315 e. The number of aromatic nitrogens is 2. The zero-order valence-electron chi connectivity index (χ0n) is 11.3. The van der Waals surface area contributed by atoms with Crippen LogP contribution in [-0.4, -0.2) is 14.9 Å². The van der Waals surface area contributed by atoms with Crippen LogP contribution in [0.5, 0.6) is 0 Å². The normalized spacial score (nSPS) is 9.71. The van der Waals surface area contributed by atoms with Gasteiger partial charge in [0.25, 0.3) is 0 Å². The molecule has 9 heteroatoms. The summed E-state index contributed by atoms with van der Waals surface area (Å²) >= 11 is 6.44. The molecule has 0 aromatic carbocycles. The quantitative estimate of drug-likeness (QED) is 0.540. The highest BCUT2D eigenvalue weighted by Crippen LogP contribution is 2.28. The van der Waals surface area contributed by atoms with Gasteiger partial charge in [0.15, 0.2) is 0 Å². The molecule has 2 aromatic rings. The van der Waals surface area contributed by atoms with Gasteiger partial charge in [-0.2, -0.15) is 0 Å². The molecular weight excluding hydrogens is 406 g/mol. The number of halogens is 2. The molecular formula is C12H13Br2N5O2. The number of nitrogen functional groups attached to an aromatic ring is 2. The standard InChI is InChI=1S/C6H6BrN3O2.C6H7BrN2/c1-3-4(7)2-9-6(8)5(3)10(11)12;1-4-2-6(8)9-3-5(4)7/h2H,1H3,(H2,8,9);2-3H,1H3,(H2,8,9). The van der Waals surface area contributed by atoms with Crippen LogP contribution >= 0.6 is 31.9 Å². The van der Waals surface area contributed by atoms with Crippen molar-refractivity contribution in [2.75, 3.05) is 11.5 Å². The molecule has 0 aliphatic heterocycles. The number of aryl methyl sites for hydroxylation is 1. The van der Waals surface area contributed by atoms with Gasteiger partial charge in [-0.15, -0.1) is 0 Å². The molecule has 2 aromatic heterocycles. The number of nitro groups is 1. The Hall–Kier alpha value is -1.74. The Labute approximate surface area is 138 Å². The van der Waals surface area contributed by atoms with Crippen molar-refractivity contribution in [1.29, 1.82) is 0 Å². The first kappa shape index (κ1) is 17.3. The average molecular weight is 419 g/mol. The van der Waals surface area contributed by atoms with Crippen molar-refractivity contribution in [3.63, 3.8) is 0 Å². The van der Waals surface area contributed by atoms with Crippen LogP contribution in [0.3, 0.4) is 0 Å². The maximum Gasteiger partial charge on any atom is 0.315 e. The fourth-order valence-electron chi connectivity index (χ4n) is 1.38. The number of nitrogens with zero attached hydrogens (tertiary/aromatic N) is 3. The summed E-state index contributed by atoms with van der Waals surface area (Å²) in [4.78, 5) is 17.4. The fourth-order valence-corrected chi connectivity index (χ4v) is 1.89. The van der Waals surface area contributed by atoms with Crippen molar-refractivity contribution in [3.8, 4) is 0 Å². The molecule has 0 atom stereocenters. The van der Waals surface area contributed by atoms with E-state index in [1.54, 1.807) is 13.1 Å². The van der Waals surface area contributed by atoms with Crippen molar-refractivity contribution in [1.82, 2.24) is 9.97 Å². The number of anilines is 2. The van der Waals surface area contributed by atoms with Gasteiger partial charge in [-0.05, 0) is 57.3 Å². The Balaban J connectivity index is 0.000000219. The van der Waals surface area contributed by atoms with Gasteiger partial charge in [-0.1, -0.05) is 0 Å². The molecule has 7 nitrogen and oxygen atoms in total. The van der Waals surface area contributed by atoms with Crippen LogP contribution < -0.4 is 11.5 Å². The van der Waals surface area contributed by atoms with Crippen molar-refractivity contribution in [2.24, 2.45) is 0 Å². The van der Waals surface area contributed by atoms with E-state index in [1.807, 2.05) is 13.0 Å². The highest BCUT2D eigenvalue weighted by molar-refractivity contribution is 9.10. The predicted octanol–water partition coefficient (Wildman–Crippen LogP) is 3.38. The van der Waals surface area contributed by atoms with E-state index in [4.69, 9.17) is 11.5 Å². The Morgan fingerprint density at radius 3 is 2.14 bits per heavy atom. The van der Waals surface area contributed by atoms with E-state index >= 15 is 0 Å². The first-order valence-electron chi connectivity index (χ1n) is 5.66. The van der Waals surface area contributed by atoms with E-state index in [2.05, 4.69) is 41.8 Å². The molecule has 0 aliphatic rings. The van der Waals surface area contributed by atoms with Crippen molar-refractivity contribution < 1.29 is 4.92 Å². The summed E-state index contributed by atoms with van der Waals surface area (Å²) in [6.07, 6.45) is 3.14. The molecule has 2 rings (SSSR count). The third-order valence-corrected chi connectivity index (χ3v) is 4.15. The van der Waals surface area contributed by atoms with Crippen LogP contribution in [0, 0.1) is 24.0 Å². The van der Waals surface area contributed by atoms with Crippen LogP contribution in [0.25, 0.3) is 0 Å². The molecule has 0 unspecified atom stereocenters. The van der Waals surface area contributed by atoms with Gasteiger partial charge in [-0.25, -0.2) is 9.97 Å². The Morgan fingerprint density at radius 2 is 1.71 bits per heavy atom. The number of nitrogens with two attached hydrogens (primary N) is 2. The van der Waals surface area contributed by atoms with E-state index < -0.39 is 4.92 Å². The fraction of sp³-hybridized carbons (Fsp3) is 0.167. The summed E-state index contributed by atoms with van der Waals surface area (Å²) in [6.45, 7) is 3.59. The average Bonchev–Trinajstić information content (AvgIpc) is 2.39. The second-order valence-corrected chi connectivity index (χ2v) is 5.79. The lowest BCUT2D eigenvalue weighted by molar-refractivity contribution is -0.384. The van der Waals surface area contributed by atoms with E-state index in [0.717, 1.165) is 10.0 Å². The van der Waals surface area contributed by atoms with Crippen LogP contribution in [0.2, 0.25) is 0 Å². The highest BCUT2D eigenvalue weighted by atomic mass is 79.9. The molecule has 0 amide bonds. The van der Waals surface area contributed by atoms with E-state index in [0.29, 0.717) is 15.9 Å². The molecule has 4 N–H and O–H groups in total. The number of rotatable bonds is 1. The van der Waals surface area contributed by atoms with Crippen LogP contribution in [0.15, 0.2) is 27.4 Å². The Bertz CT molecular complexity index is 679. The first-order chi connectivity index (χ1) is 9.73. The van der Waals surface area contributed by atoms with Gasteiger partial charge >= 0.3 is 5.69 Å². The topological polar surface area (TPSA) is 121 Å². The zero-order valence-corrected chi connectivity index (χ0v) is 14.5. The summed E-state index contributed by atoms with van der Waals surface area (Å²) < 4.78 is 1.58. The molecule has 0 saturated carbocycles. The molecule has 21 heavy (non-hydrogen) atoms. The number of hydrogen-bond donors (Lipinski definition) is 2. The maximum atomic E-state index is 10.5. The van der Waals surface area contributed by atoms with Gasteiger partial charge < -0.3 is 11.5 Å². The monoisotopic (exact) mass is 417 g/mol. The second-order valence-electron chi connectivity index (χ2n) is 4.08. The van der Waals surface area contributed by atoms with Gasteiger partial charge in [-0.3, -0.25) is 10.1 Å². The lowest BCUT2D eigenvalue weighted by Gasteiger charge is -2.00. The molecule has 0 saturated heterocycles. The van der Waals surface area contributed by atoms with Crippen LogP contribution in [0.1, 0.15) is 11.1 Å². The third kappa shape index (κ3) is 4.64. The van der Waals surface area contributed by atoms with Crippen LogP contribution in [0.4, 0.5) is 17.3 Å². The van der Waals surface area contributed by atoms with E-state index in [1.165, 1.54) is 6.20 Å². The maximum absolute atomic E-state index is 10.5. The summed E-state index contributed by atoms with van der Waals surface area (Å²) in [7, 11) is 0. The summed E-state index contributed by atoms with van der Waals surface area (Å²) in [5.41, 5.74) is 12.2. The number of hydrogen-bond acceptors (Lipinski definition) is 6. The molecule has 0 fully saturated rings. The summed E-state index contributed by atoms with van der Waals surface area (Å²) in [5, 5.41) is 10.5.